The number of piperazine rings is 1. The first-order chi connectivity index (χ1) is 9.72. The van der Waals surface area contributed by atoms with E-state index in [9.17, 15) is 0 Å². The smallest absolute Gasteiger partial charge is 0.231 e. The Labute approximate surface area is 138 Å². The lowest BCUT2D eigenvalue weighted by molar-refractivity contribution is 0.190. The van der Waals surface area contributed by atoms with Crippen LogP contribution in [-0.4, -0.2) is 41.7 Å². The largest absolute Gasteiger partial charge is 0.339 e. The van der Waals surface area contributed by atoms with Crippen molar-refractivity contribution in [2.45, 2.75) is 12.5 Å². The average molecular weight is 374 g/mol. The number of halogens is 2. The van der Waals surface area contributed by atoms with Gasteiger partial charge in [-0.3, -0.25) is 4.90 Å². The van der Waals surface area contributed by atoms with Gasteiger partial charge in [-0.1, -0.05) is 33.2 Å². The van der Waals surface area contributed by atoms with E-state index in [4.69, 9.17) is 4.52 Å². The van der Waals surface area contributed by atoms with Crippen LogP contribution < -0.4 is 5.32 Å². The van der Waals surface area contributed by atoms with E-state index >= 15 is 0 Å². The molecule has 0 spiro atoms. The van der Waals surface area contributed by atoms with Crippen molar-refractivity contribution in [3.8, 4) is 0 Å². The van der Waals surface area contributed by atoms with Crippen molar-refractivity contribution in [3.63, 3.8) is 0 Å². The molecule has 2 aromatic rings. The van der Waals surface area contributed by atoms with Gasteiger partial charge in [0.2, 0.25) is 5.89 Å². The Hall–Kier alpha value is -0.950. The van der Waals surface area contributed by atoms with E-state index in [0.29, 0.717) is 12.3 Å². The van der Waals surface area contributed by atoms with Gasteiger partial charge in [-0.15, -0.1) is 12.4 Å². The Morgan fingerprint density at radius 2 is 2.33 bits per heavy atom. The van der Waals surface area contributed by atoms with Crippen molar-refractivity contribution in [2.24, 2.45) is 0 Å². The summed E-state index contributed by atoms with van der Waals surface area (Å²) in [4.78, 5) is 6.79. The van der Waals surface area contributed by atoms with Gasteiger partial charge in [0.15, 0.2) is 5.82 Å². The van der Waals surface area contributed by atoms with Crippen LogP contribution in [0.3, 0.4) is 0 Å². The first kappa shape index (κ1) is 16.4. The number of nitrogens with zero attached hydrogens (tertiary/aromatic N) is 3. The average Bonchev–Trinajstić information content (AvgIpc) is 2.87. The van der Waals surface area contributed by atoms with Gasteiger partial charge in [0.05, 0.1) is 12.5 Å². The number of hydrogen-bond donors (Lipinski definition) is 1. The fourth-order valence-electron chi connectivity index (χ4n) is 2.39. The van der Waals surface area contributed by atoms with Gasteiger partial charge in [-0.2, -0.15) is 4.98 Å². The highest BCUT2D eigenvalue weighted by atomic mass is 79.9. The van der Waals surface area contributed by atoms with Crippen molar-refractivity contribution in [2.75, 3.05) is 26.7 Å². The molecular weight excluding hydrogens is 356 g/mol. The van der Waals surface area contributed by atoms with Gasteiger partial charge in [0, 0.05) is 24.1 Å². The zero-order valence-electron chi connectivity index (χ0n) is 11.8. The number of nitrogens with one attached hydrogen (secondary N) is 1. The van der Waals surface area contributed by atoms with Crippen LogP contribution >= 0.6 is 28.3 Å². The van der Waals surface area contributed by atoms with Crippen molar-refractivity contribution < 1.29 is 4.52 Å². The summed E-state index contributed by atoms with van der Waals surface area (Å²) in [5.41, 5.74) is 1.16. The summed E-state index contributed by atoms with van der Waals surface area (Å²) in [6.45, 7) is 2.88. The van der Waals surface area contributed by atoms with Crippen molar-refractivity contribution in [1.29, 1.82) is 0 Å². The highest BCUT2D eigenvalue weighted by molar-refractivity contribution is 9.10. The van der Waals surface area contributed by atoms with E-state index in [0.717, 1.165) is 35.5 Å². The molecule has 1 saturated heterocycles. The quantitative estimate of drug-likeness (QED) is 0.895. The molecule has 1 aliphatic heterocycles. The zero-order valence-corrected chi connectivity index (χ0v) is 14.2. The van der Waals surface area contributed by atoms with Crippen LogP contribution in [0.2, 0.25) is 0 Å². The summed E-state index contributed by atoms with van der Waals surface area (Å²) in [6, 6.07) is 8.34. The monoisotopic (exact) mass is 372 g/mol. The topological polar surface area (TPSA) is 54.2 Å². The third-order valence-corrected chi connectivity index (χ3v) is 4.03. The highest BCUT2D eigenvalue weighted by Gasteiger charge is 2.25. The second-order valence-electron chi connectivity index (χ2n) is 5.05. The maximum atomic E-state index is 5.38. The molecule has 0 bridgehead atoms. The Kier molecular flexibility index (Phi) is 5.75. The Morgan fingerprint density at radius 1 is 1.48 bits per heavy atom. The lowest BCUT2D eigenvalue weighted by Crippen LogP contribution is -2.44. The molecular formula is C14H18BrClN4O. The van der Waals surface area contributed by atoms with Crippen LogP contribution in [0, 0.1) is 0 Å². The molecule has 1 fully saturated rings. The molecule has 1 N–H and O–H groups in total. The van der Waals surface area contributed by atoms with E-state index in [1.165, 1.54) is 0 Å². The fourth-order valence-corrected chi connectivity index (χ4v) is 2.84. The molecule has 1 atom stereocenters. The lowest BCUT2D eigenvalue weighted by atomic mass is 10.1. The molecule has 0 radical (unpaired) electrons. The molecule has 1 unspecified atom stereocenters. The van der Waals surface area contributed by atoms with E-state index in [1.54, 1.807) is 0 Å². The van der Waals surface area contributed by atoms with Crippen LogP contribution in [-0.2, 0) is 6.42 Å². The van der Waals surface area contributed by atoms with Crippen LogP contribution in [0.1, 0.15) is 23.3 Å². The molecule has 3 rings (SSSR count). The minimum absolute atomic E-state index is 0. The molecule has 0 amide bonds. The lowest BCUT2D eigenvalue weighted by Gasteiger charge is -2.30. The van der Waals surface area contributed by atoms with E-state index in [1.807, 2.05) is 12.1 Å². The van der Waals surface area contributed by atoms with Gasteiger partial charge in [0.1, 0.15) is 0 Å². The normalized spacial score (nSPS) is 19.2. The summed E-state index contributed by atoms with van der Waals surface area (Å²) in [5, 5.41) is 7.49. The molecule has 0 saturated carbocycles. The molecule has 1 aromatic heterocycles. The second kappa shape index (κ2) is 7.35. The van der Waals surface area contributed by atoms with Crippen LogP contribution in [0.5, 0.6) is 0 Å². The summed E-state index contributed by atoms with van der Waals surface area (Å²) in [5.74, 6) is 1.43. The summed E-state index contributed by atoms with van der Waals surface area (Å²) >= 11 is 3.47. The van der Waals surface area contributed by atoms with Crippen LogP contribution in [0.25, 0.3) is 0 Å². The zero-order chi connectivity index (χ0) is 13.9. The summed E-state index contributed by atoms with van der Waals surface area (Å²) < 4.78 is 6.44. The first-order valence-electron chi connectivity index (χ1n) is 6.70. The van der Waals surface area contributed by atoms with Gasteiger partial charge < -0.3 is 9.84 Å². The molecule has 0 aliphatic carbocycles. The number of rotatable bonds is 3. The maximum absolute atomic E-state index is 5.38. The van der Waals surface area contributed by atoms with Crippen molar-refractivity contribution in [3.05, 3.63) is 46.0 Å². The van der Waals surface area contributed by atoms with Crippen LogP contribution in [0.15, 0.2) is 33.3 Å². The van der Waals surface area contributed by atoms with Crippen LogP contribution in [0.4, 0.5) is 0 Å². The maximum Gasteiger partial charge on any atom is 0.231 e. The molecule has 1 aliphatic rings. The molecule has 7 heteroatoms. The molecule has 2 heterocycles. The summed E-state index contributed by atoms with van der Waals surface area (Å²) in [7, 11) is 2.09. The first-order valence-corrected chi connectivity index (χ1v) is 7.49. The highest BCUT2D eigenvalue weighted by Crippen LogP contribution is 2.19. The Bertz CT molecular complexity index is 592. The molecule has 21 heavy (non-hydrogen) atoms. The number of likely N-dealkylation sites (N-methyl/N-ethyl adjacent to an activating group) is 1. The molecule has 114 valence electrons. The van der Waals surface area contributed by atoms with Gasteiger partial charge in [0.25, 0.3) is 0 Å². The minimum atomic E-state index is 0. The van der Waals surface area contributed by atoms with Gasteiger partial charge in [-0.05, 0) is 24.7 Å². The third kappa shape index (κ3) is 4.03. The number of hydrogen-bond acceptors (Lipinski definition) is 5. The third-order valence-electron chi connectivity index (χ3n) is 3.54. The Balaban J connectivity index is 0.00000161. The number of aromatic nitrogens is 2. The molecule has 1 aromatic carbocycles. The van der Waals surface area contributed by atoms with Gasteiger partial charge >= 0.3 is 0 Å². The molecule has 5 nitrogen and oxygen atoms in total. The van der Waals surface area contributed by atoms with E-state index < -0.39 is 0 Å². The van der Waals surface area contributed by atoms with E-state index in [2.05, 4.69) is 55.5 Å². The van der Waals surface area contributed by atoms with E-state index in [-0.39, 0.29) is 18.4 Å². The fraction of sp³-hybridized carbons (Fsp3) is 0.429. The summed E-state index contributed by atoms with van der Waals surface area (Å²) in [6.07, 6.45) is 0.663. The standard InChI is InChI=1S/C14H17BrN4O.ClH/c1-19-6-5-16-9-12(19)14-17-13(20-18-14)8-10-3-2-4-11(15)7-10;/h2-4,7,12,16H,5-6,8-9H2,1H3;1H. The van der Waals surface area contributed by atoms with Gasteiger partial charge in [-0.25, -0.2) is 0 Å². The van der Waals surface area contributed by atoms with Crippen molar-refractivity contribution >= 4 is 28.3 Å². The predicted molar refractivity (Wildman–Crippen MR) is 86.7 cm³/mol. The Morgan fingerprint density at radius 3 is 3.10 bits per heavy atom. The SMILES string of the molecule is CN1CCNCC1c1noc(Cc2cccc(Br)c2)n1.Cl. The van der Waals surface area contributed by atoms with Crippen molar-refractivity contribution in [1.82, 2.24) is 20.4 Å². The minimum Gasteiger partial charge on any atom is -0.339 e. The number of benzene rings is 1. The predicted octanol–water partition coefficient (Wildman–Crippen LogP) is 2.42. The second-order valence-corrected chi connectivity index (χ2v) is 5.97.